The van der Waals surface area contributed by atoms with Crippen LogP contribution in [0, 0.1) is 0 Å². The molecule has 0 saturated carbocycles. The van der Waals surface area contributed by atoms with E-state index in [9.17, 15) is 18.0 Å². The van der Waals surface area contributed by atoms with Gasteiger partial charge in [0, 0.05) is 33.9 Å². The lowest BCUT2D eigenvalue weighted by atomic mass is 10.2. The van der Waals surface area contributed by atoms with Gasteiger partial charge in [-0.15, -0.1) is 0 Å². The molecule has 0 aliphatic rings. The number of rotatable bonds is 9. The minimum absolute atomic E-state index is 0.0302. The van der Waals surface area contributed by atoms with Crippen LogP contribution in [0.1, 0.15) is 23.0 Å². The number of hydrogen-bond donors (Lipinski definition) is 1. The van der Waals surface area contributed by atoms with Crippen molar-refractivity contribution in [2.75, 3.05) is 27.3 Å². The molecule has 10 heteroatoms. The zero-order valence-corrected chi connectivity index (χ0v) is 17.7. The van der Waals surface area contributed by atoms with Gasteiger partial charge < -0.3 is 19.4 Å². The molecule has 1 amide bonds. The smallest absolute Gasteiger partial charge is 0.355 e. The van der Waals surface area contributed by atoms with E-state index in [4.69, 9.17) is 9.47 Å². The van der Waals surface area contributed by atoms with Crippen molar-refractivity contribution in [1.29, 1.82) is 0 Å². The molecule has 9 nitrogen and oxygen atoms in total. The Balaban J connectivity index is 1.91. The molecule has 0 fully saturated rings. The fraction of sp³-hybridized carbons (Fsp3) is 0.368. The van der Waals surface area contributed by atoms with Gasteiger partial charge in [0.05, 0.1) is 6.61 Å². The molecule has 1 heterocycles. The minimum Gasteiger partial charge on any atom is -0.494 e. The average molecular weight is 423 g/mol. The molecular weight excluding hydrogens is 398 g/mol. The van der Waals surface area contributed by atoms with Gasteiger partial charge in [-0.2, -0.15) is 0 Å². The number of nitrogens with zero attached hydrogens (tertiary/aromatic N) is 2. The van der Waals surface area contributed by atoms with Gasteiger partial charge in [-0.05, 0) is 30.7 Å². The zero-order valence-electron chi connectivity index (χ0n) is 16.8. The number of aryl methyl sites for hydroxylation is 1. The maximum absolute atomic E-state index is 12.2. The van der Waals surface area contributed by atoms with E-state index in [-0.39, 0.29) is 17.1 Å². The van der Waals surface area contributed by atoms with E-state index in [2.05, 4.69) is 5.32 Å². The first-order chi connectivity index (χ1) is 13.6. The molecule has 1 aromatic heterocycles. The first-order valence-corrected chi connectivity index (χ1v) is 10.3. The molecule has 0 atom stereocenters. The van der Waals surface area contributed by atoms with E-state index in [0.29, 0.717) is 12.4 Å². The molecule has 1 N–H and O–H groups in total. The van der Waals surface area contributed by atoms with Crippen molar-refractivity contribution in [2.45, 2.75) is 18.4 Å². The highest BCUT2D eigenvalue weighted by atomic mass is 32.2. The SMILES string of the molecule is CCOc1cccc(CNC(=O)COC(=O)c2cc(S(=O)(=O)N(C)C)cn2C)c1. The van der Waals surface area contributed by atoms with Gasteiger partial charge in [-0.25, -0.2) is 17.5 Å². The van der Waals surface area contributed by atoms with Crippen LogP contribution in [0.5, 0.6) is 5.75 Å². The Kier molecular flexibility index (Phi) is 7.40. The van der Waals surface area contributed by atoms with Crippen LogP contribution in [0.4, 0.5) is 0 Å². The second kappa shape index (κ2) is 9.57. The number of esters is 1. The van der Waals surface area contributed by atoms with Crippen LogP contribution in [0.15, 0.2) is 41.4 Å². The first-order valence-electron chi connectivity index (χ1n) is 8.89. The van der Waals surface area contributed by atoms with E-state index < -0.39 is 28.5 Å². The first kappa shape index (κ1) is 22.4. The van der Waals surface area contributed by atoms with Crippen molar-refractivity contribution in [2.24, 2.45) is 7.05 Å². The van der Waals surface area contributed by atoms with Crippen LogP contribution in [0.3, 0.4) is 0 Å². The Hall–Kier alpha value is -2.85. The highest BCUT2D eigenvalue weighted by Gasteiger charge is 2.23. The standard InChI is InChI=1S/C19H25N3O6S/c1-5-27-15-8-6-7-14(9-15)11-20-18(23)13-28-19(24)17-10-16(12-22(17)4)29(25,26)21(2)3/h6-10,12H,5,11,13H2,1-4H3,(H,20,23). The number of amides is 1. The van der Waals surface area contributed by atoms with Crippen molar-refractivity contribution in [3.05, 3.63) is 47.8 Å². The normalized spacial score (nSPS) is 11.3. The summed E-state index contributed by atoms with van der Waals surface area (Å²) in [5.41, 5.74) is 0.874. The number of carbonyl (C=O) groups excluding carboxylic acids is 2. The van der Waals surface area contributed by atoms with E-state index in [1.165, 1.54) is 38.0 Å². The molecule has 0 radical (unpaired) electrons. The maximum Gasteiger partial charge on any atom is 0.355 e. The number of hydrogen-bond acceptors (Lipinski definition) is 6. The number of carbonyl (C=O) groups is 2. The maximum atomic E-state index is 12.2. The Morgan fingerprint density at radius 1 is 1.21 bits per heavy atom. The van der Waals surface area contributed by atoms with E-state index in [1.807, 2.05) is 31.2 Å². The van der Waals surface area contributed by atoms with Crippen molar-refractivity contribution < 1.29 is 27.5 Å². The van der Waals surface area contributed by atoms with Gasteiger partial charge in [0.1, 0.15) is 16.3 Å². The monoisotopic (exact) mass is 423 g/mol. The molecule has 2 rings (SSSR count). The van der Waals surface area contributed by atoms with Gasteiger partial charge in [-0.3, -0.25) is 4.79 Å². The van der Waals surface area contributed by atoms with Crippen molar-refractivity contribution in [3.8, 4) is 5.75 Å². The van der Waals surface area contributed by atoms with E-state index in [1.54, 1.807) is 0 Å². The molecule has 158 valence electrons. The van der Waals surface area contributed by atoms with Gasteiger partial charge in [0.15, 0.2) is 6.61 Å². The second-order valence-corrected chi connectivity index (χ2v) is 8.54. The van der Waals surface area contributed by atoms with Crippen LogP contribution < -0.4 is 10.1 Å². The van der Waals surface area contributed by atoms with E-state index in [0.717, 1.165) is 9.87 Å². The van der Waals surface area contributed by atoms with Crippen molar-refractivity contribution in [1.82, 2.24) is 14.2 Å². The lowest BCUT2D eigenvalue weighted by molar-refractivity contribution is -0.124. The lowest BCUT2D eigenvalue weighted by Gasteiger charge is -2.09. The van der Waals surface area contributed by atoms with Gasteiger partial charge in [-0.1, -0.05) is 12.1 Å². The molecule has 1 aromatic carbocycles. The quantitative estimate of drug-likeness (QED) is 0.607. The van der Waals surface area contributed by atoms with Crippen molar-refractivity contribution in [3.63, 3.8) is 0 Å². The molecule has 0 aliphatic heterocycles. The molecule has 0 saturated heterocycles. The number of benzene rings is 1. The molecule has 0 aliphatic carbocycles. The third kappa shape index (κ3) is 5.81. The largest absolute Gasteiger partial charge is 0.494 e. The minimum atomic E-state index is -3.68. The molecule has 29 heavy (non-hydrogen) atoms. The van der Waals surface area contributed by atoms with Crippen LogP contribution in [-0.2, 0) is 33.1 Å². The number of sulfonamides is 1. The van der Waals surface area contributed by atoms with Gasteiger partial charge >= 0.3 is 5.97 Å². The van der Waals surface area contributed by atoms with Crippen LogP contribution in [0.2, 0.25) is 0 Å². The summed E-state index contributed by atoms with van der Waals surface area (Å²) in [6.45, 7) is 2.20. The Labute approximate surface area is 170 Å². The molecule has 0 bridgehead atoms. The second-order valence-electron chi connectivity index (χ2n) is 6.39. The molecular formula is C19H25N3O6S. The summed E-state index contributed by atoms with van der Waals surface area (Å²) in [4.78, 5) is 24.2. The predicted octanol–water partition coefficient (Wildman–Crippen LogP) is 1.15. The van der Waals surface area contributed by atoms with Crippen LogP contribution in [0.25, 0.3) is 0 Å². The molecule has 0 spiro atoms. The van der Waals surface area contributed by atoms with Gasteiger partial charge in [0.25, 0.3) is 5.91 Å². The number of nitrogens with one attached hydrogen (secondary N) is 1. The topological polar surface area (TPSA) is 107 Å². The fourth-order valence-corrected chi connectivity index (χ4v) is 3.43. The van der Waals surface area contributed by atoms with E-state index >= 15 is 0 Å². The number of ether oxygens (including phenoxy) is 2. The predicted molar refractivity (Wildman–Crippen MR) is 106 cm³/mol. The molecule has 0 unspecified atom stereocenters. The van der Waals surface area contributed by atoms with Crippen LogP contribution in [-0.4, -0.2) is 56.5 Å². The Bertz CT molecular complexity index is 982. The Morgan fingerprint density at radius 3 is 2.59 bits per heavy atom. The molecule has 2 aromatic rings. The van der Waals surface area contributed by atoms with Crippen molar-refractivity contribution >= 4 is 21.9 Å². The fourth-order valence-electron chi connectivity index (χ4n) is 2.46. The lowest BCUT2D eigenvalue weighted by Crippen LogP contribution is -2.28. The highest BCUT2D eigenvalue weighted by Crippen LogP contribution is 2.17. The number of aromatic nitrogens is 1. The summed E-state index contributed by atoms with van der Waals surface area (Å²) >= 11 is 0. The third-order valence-electron chi connectivity index (χ3n) is 4.00. The summed E-state index contributed by atoms with van der Waals surface area (Å²) in [7, 11) is 0.644. The summed E-state index contributed by atoms with van der Waals surface area (Å²) < 4.78 is 37.1. The third-order valence-corrected chi connectivity index (χ3v) is 5.78. The summed E-state index contributed by atoms with van der Waals surface area (Å²) in [6.07, 6.45) is 1.32. The highest BCUT2D eigenvalue weighted by molar-refractivity contribution is 7.89. The van der Waals surface area contributed by atoms with Crippen LogP contribution >= 0.6 is 0 Å². The zero-order chi connectivity index (χ0) is 21.6. The Morgan fingerprint density at radius 2 is 1.93 bits per heavy atom. The average Bonchev–Trinajstić information content (AvgIpc) is 3.07. The summed E-state index contributed by atoms with van der Waals surface area (Å²) in [5, 5.41) is 2.65. The summed E-state index contributed by atoms with van der Waals surface area (Å²) in [5.74, 6) is -0.561. The summed E-state index contributed by atoms with van der Waals surface area (Å²) in [6, 6.07) is 8.51. The van der Waals surface area contributed by atoms with Gasteiger partial charge in [0.2, 0.25) is 10.0 Å².